The van der Waals surface area contributed by atoms with E-state index < -0.39 is 5.60 Å². The SMILES string of the molecule is COc1ccc(-c2n[nH]c(=S)n2CC(=O)N2CCN(C(=O)OC(C)(C)C)CC2)cc1. The Balaban J connectivity index is 1.64. The fourth-order valence-corrected chi connectivity index (χ4v) is 3.32. The second kappa shape index (κ2) is 8.86. The zero-order valence-electron chi connectivity index (χ0n) is 17.7. The summed E-state index contributed by atoms with van der Waals surface area (Å²) in [5.41, 5.74) is 0.283. The highest BCUT2D eigenvalue weighted by molar-refractivity contribution is 7.71. The molecule has 0 spiro atoms. The first-order chi connectivity index (χ1) is 14.2. The molecule has 2 heterocycles. The summed E-state index contributed by atoms with van der Waals surface area (Å²) in [6.45, 7) is 7.33. The van der Waals surface area contributed by atoms with E-state index in [1.54, 1.807) is 21.5 Å². The number of amides is 2. The molecule has 0 bridgehead atoms. The number of benzene rings is 1. The Morgan fingerprint density at radius 2 is 1.70 bits per heavy atom. The normalized spacial score (nSPS) is 14.5. The van der Waals surface area contributed by atoms with E-state index in [-0.39, 0.29) is 18.5 Å². The van der Waals surface area contributed by atoms with Gasteiger partial charge < -0.3 is 19.3 Å². The first kappa shape index (κ1) is 21.8. The van der Waals surface area contributed by atoms with Crippen molar-refractivity contribution >= 4 is 24.2 Å². The maximum absolute atomic E-state index is 12.9. The molecule has 162 valence electrons. The standard InChI is InChI=1S/C20H27N5O4S/c1-20(2,3)29-19(27)24-11-9-23(10-12-24)16(26)13-25-17(21-22-18(25)30)14-5-7-15(28-4)8-6-14/h5-8H,9-13H2,1-4H3,(H,22,30). The van der Waals surface area contributed by atoms with E-state index in [0.29, 0.717) is 36.8 Å². The summed E-state index contributed by atoms with van der Waals surface area (Å²) in [4.78, 5) is 28.4. The number of aromatic nitrogens is 3. The van der Waals surface area contributed by atoms with Crippen LogP contribution >= 0.6 is 12.2 Å². The lowest BCUT2D eigenvalue weighted by Gasteiger charge is -2.35. The molecule has 0 radical (unpaired) electrons. The van der Waals surface area contributed by atoms with Crippen LogP contribution in [0.15, 0.2) is 24.3 Å². The van der Waals surface area contributed by atoms with Crippen molar-refractivity contribution in [3.63, 3.8) is 0 Å². The van der Waals surface area contributed by atoms with E-state index >= 15 is 0 Å². The molecular formula is C20H27N5O4S. The van der Waals surface area contributed by atoms with Gasteiger partial charge in [-0.25, -0.2) is 4.79 Å². The van der Waals surface area contributed by atoms with E-state index in [2.05, 4.69) is 10.2 Å². The summed E-state index contributed by atoms with van der Waals surface area (Å²) < 4.78 is 12.6. The number of carbonyl (C=O) groups excluding carboxylic acids is 2. The molecular weight excluding hydrogens is 406 g/mol. The van der Waals surface area contributed by atoms with Crippen molar-refractivity contribution < 1.29 is 19.1 Å². The number of hydrogen-bond acceptors (Lipinski definition) is 6. The van der Waals surface area contributed by atoms with Crippen molar-refractivity contribution in [2.45, 2.75) is 32.9 Å². The Kier molecular flexibility index (Phi) is 6.45. The van der Waals surface area contributed by atoms with Gasteiger partial charge in [-0.1, -0.05) is 0 Å². The Morgan fingerprint density at radius 3 is 2.27 bits per heavy atom. The van der Waals surface area contributed by atoms with Crippen molar-refractivity contribution in [1.29, 1.82) is 0 Å². The van der Waals surface area contributed by atoms with Crippen LogP contribution in [-0.4, -0.2) is 75.5 Å². The van der Waals surface area contributed by atoms with E-state index in [0.717, 1.165) is 11.3 Å². The third-order valence-electron chi connectivity index (χ3n) is 4.68. The molecule has 1 aliphatic rings. The van der Waals surface area contributed by atoms with Crippen LogP contribution in [0.5, 0.6) is 5.75 Å². The summed E-state index contributed by atoms with van der Waals surface area (Å²) >= 11 is 5.32. The van der Waals surface area contributed by atoms with Gasteiger partial charge in [0.2, 0.25) is 5.91 Å². The summed E-state index contributed by atoms with van der Waals surface area (Å²) in [6, 6.07) is 7.39. The van der Waals surface area contributed by atoms with E-state index in [4.69, 9.17) is 21.7 Å². The second-order valence-corrected chi connectivity index (χ2v) is 8.40. The minimum Gasteiger partial charge on any atom is -0.497 e. The highest BCUT2D eigenvalue weighted by Gasteiger charge is 2.28. The Hall–Kier alpha value is -2.88. The molecule has 0 atom stereocenters. The Morgan fingerprint density at radius 1 is 1.10 bits per heavy atom. The fraction of sp³-hybridized carbons (Fsp3) is 0.500. The molecule has 1 fully saturated rings. The third kappa shape index (κ3) is 5.18. The average Bonchev–Trinajstić information content (AvgIpc) is 3.07. The van der Waals surface area contributed by atoms with Crippen LogP contribution in [0.25, 0.3) is 11.4 Å². The van der Waals surface area contributed by atoms with E-state index in [1.165, 1.54) is 0 Å². The number of aromatic amines is 1. The van der Waals surface area contributed by atoms with Gasteiger partial charge in [0.1, 0.15) is 17.9 Å². The second-order valence-electron chi connectivity index (χ2n) is 8.02. The van der Waals surface area contributed by atoms with Gasteiger partial charge >= 0.3 is 6.09 Å². The summed E-state index contributed by atoms with van der Waals surface area (Å²) in [6.07, 6.45) is -0.353. The minimum absolute atomic E-state index is 0.0726. The monoisotopic (exact) mass is 433 g/mol. The number of piperazine rings is 1. The van der Waals surface area contributed by atoms with Crippen LogP contribution in [0.1, 0.15) is 20.8 Å². The maximum atomic E-state index is 12.9. The molecule has 1 aliphatic heterocycles. The fourth-order valence-electron chi connectivity index (χ4n) is 3.12. The van der Waals surface area contributed by atoms with E-state index in [1.807, 2.05) is 45.0 Å². The first-order valence-corrected chi connectivity index (χ1v) is 10.1. The number of nitrogens with one attached hydrogen (secondary N) is 1. The molecule has 3 rings (SSSR count). The van der Waals surface area contributed by atoms with Gasteiger partial charge in [-0.3, -0.25) is 14.5 Å². The van der Waals surface area contributed by atoms with Crippen LogP contribution in [0.2, 0.25) is 0 Å². The highest BCUT2D eigenvalue weighted by atomic mass is 32.1. The maximum Gasteiger partial charge on any atom is 0.410 e. The minimum atomic E-state index is -0.542. The van der Waals surface area contributed by atoms with Gasteiger partial charge in [-0.15, -0.1) is 0 Å². The van der Waals surface area contributed by atoms with E-state index in [9.17, 15) is 9.59 Å². The van der Waals surface area contributed by atoms with Gasteiger partial charge in [0.05, 0.1) is 7.11 Å². The molecule has 1 N–H and O–H groups in total. The first-order valence-electron chi connectivity index (χ1n) is 9.73. The van der Waals surface area contributed by atoms with Gasteiger partial charge in [0, 0.05) is 31.7 Å². The molecule has 0 aliphatic carbocycles. The predicted octanol–water partition coefficient (Wildman–Crippen LogP) is 2.70. The molecule has 30 heavy (non-hydrogen) atoms. The molecule has 1 aromatic carbocycles. The summed E-state index contributed by atoms with van der Waals surface area (Å²) in [7, 11) is 1.60. The van der Waals surface area contributed by atoms with Crippen LogP contribution < -0.4 is 4.74 Å². The highest BCUT2D eigenvalue weighted by Crippen LogP contribution is 2.21. The molecule has 0 saturated carbocycles. The lowest BCUT2D eigenvalue weighted by atomic mass is 10.2. The number of H-pyrrole nitrogens is 1. The molecule has 10 heteroatoms. The van der Waals surface area contributed by atoms with Crippen molar-refractivity contribution in [3.05, 3.63) is 29.0 Å². The molecule has 2 aromatic rings. The molecule has 9 nitrogen and oxygen atoms in total. The van der Waals surface area contributed by atoms with Crippen molar-refractivity contribution in [2.24, 2.45) is 0 Å². The van der Waals surface area contributed by atoms with Gasteiger partial charge in [-0.2, -0.15) is 5.10 Å². The van der Waals surface area contributed by atoms with Crippen LogP contribution in [0.3, 0.4) is 0 Å². The predicted molar refractivity (Wildman–Crippen MR) is 114 cm³/mol. The largest absolute Gasteiger partial charge is 0.497 e. The Labute approximate surface area is 180 Å². The van der Waals surface area contributed by atoms with Crippen LogP contribution in [0, 0.1) is 4.77 Å². The number of carbonyl (C=O) groups is 2. The van der Waals surface area contributed by atoms with Crippen molar-refractivity contribution in [1.82, 2.24) is 24.6 Å². The Bertz CT molecular complexity index is 953. The van der Waals surface area contributed by atoms with Crippen LogP contribution in [-0.2, 0) is 16.1 Å². The molecule has 1 aromatic heterocycles. The lowest BCUT2D eigenvalue weighted by molar-refractivity contribution is -0.133. The zero-order chi connectivity index (χ0) is 21.9. The quantitative estimate of drug-likeness (QED) is 0.746. The summed E-state index contributed by atoms with van der Waals surface area (Å²) in [5.74, 6) is 1.24. The number of ether oxygens (including phenoxy) is 2. The number of hydrogen-bond donors (Lipinski definition) is 1. The molecule has 1 saturated heterocycles. The third-order valence-corrected chi connectivity index (χ3v) is 5.00. The average molecular weight is 434 g/mol. The number of rotatable bonds is 4. The van der Waals surface area contributed by atoms with Crippen molar-refractivity contribution in [2.75, 3.05) is 33.3 Å². The molecule has 2 amide bonds. The molecule has 0 unspecified atom stereocenters. The van der Waals surface area contributed by atoms with Crippen LogP contribution in [0.4, 0.5) is 4.79 Å². The topological polar surface area (TPSA) is 92.7 Å². The van der Waals surface area contributed by atoms with Gasteiger partial charge in [0.25, 0.3) is 0 Å². The summed E-state index contributed by atoms with van der Waals surface area (Å²) in [5, 5.41) is 7.03. The smallest absolute Gasteiger partial charge is 0.410 e. The lowest BCUT2D eigenvalue weighted by Crippen LogP contribution is -2.52. The zero-order valence-corrected chi connectivity index (χ0v) is 18.5. The number of nitrogens with zero attached hydrogens (tertiary/aromatic N) is 4. The number of methoxy groups -OCH3 is 1. The van der Waals surface area contributed by atoms with Gasteiger partial charge in [-0.05, 0) is 57.3 Å². The van der Waals surface area contributed by atoms with Crippen molar-refractivity contribution in [3.8, 4) is 17.1 Å². The van der Waals surface area contributed by atoms with Gasteiger partial charge in [0.15, 0.2) is 10.6 Å².